The van der Waals surface area contributed by atoms with Crippen LogP contribution in [0.1, 0.15) is 56.3 Å². The molecule has 0 amide bonds. The highest BCUT2D eigenvalue weighted by atomic mass is 32.2. The van der Waals surface area contributed by atoms with Gasteiger partial charge in [0, 0.05) is 12.3 Å². The van der Waals surface area contributed by atoms with E-state index in [9.17, 15) is 0 Å². The lowest BCUT2D eigenvalue weighted by atomic mass is 9.87. The molecule has 158 valence electrons. The average Bonchev–Trinajstić information content (AvgIpc) is 3.10. The van der Waals surface area contributed by atoms with Gasteiger partial charge in [0.1, 0.15) is 5.75 Å². The third kappa shape index (κ3) is 5.54. The third-order valence-corrected chi connectivity index (χ3v) is 5.98. The van der Waals surface area contributed by atoms with Crippen LogP contribution in [0.15, 0.2) is 66.3 Å². The Kier molecular flexibility index (Phi) is 7.03. The summed E-state index contributed by atoms with van der Waals surface area (Å²) in [6.07, 6.45) is 1.65. The Morgan fingerprint density at radius 3 is 2.33 bits per heavy atom. The first-order valence-electron chi connectivity index (χ1n) is 10.3. The molecular formula is C25H31N3OS. The van der Waals surface area contributed by atoms with Gasteiger partial charge >= 0.3 is 0 Å². The molecule has 0 fully saturated rings. The smallest absolute Gasteiger partial charge is 0.191 e. The molecule has 0 N–H and O–H groups in total. The molecule has 0 aliphatic carbocycles. The fourth-order valence-corrected chi connectivity index (χ4v) is 4.04. The predicted octanol–water partition coefficient (Wildman–Crippen LogP) is 6.50. The summed E-state index contributed by atoms with van der Waals surface area (Å²) in [7, 11) is 0. The summed E-state index contributed by atoms with van der Waals surface area (Å²) in [6, 6.07) is 16.9. The molecule has 30 heavy (non-hydrogen) atoms. The summed E-state index contributed by atoms with van der Waals surface area (Å²) in [4.78, 5) is 0. The summed E-state index contributed by atoms with van der Waals surface area (Å²) in [6.45, 7) is 15.3. The first kappa shape index (κ1) is 22.2. The Labute approximate surface area is 184 Å². The van der Waals surface area contributed by atoms with Crippen molar-refractivity contribution in [3.63, 3.8) is 0 Å². The maximum absolute atomic E-state index is 6.18. The van der Waals surface area contributed by atoms with Crippen molar-refractivity contribution < 1.29 is 4.74 Å². The highest BCUT2D eigenvalue weighted by molar-refractivity contribution is 7.98. The standard InChI is InChI=1S/C25H31N3OS/c1-7-16-28-23(19(3)29-22-14-12-21(13-15-22)25(4,5)6)26-27-24(28)30-17-20-10-8-18(2)9-11-20/h7-15,19H,1,16-17H2,2-6H3. The van der Waals surface area contributed by atoms with Gasteiger partial charge in [-0.05, 0) is 42.5 Å². The SMILES string of the molecule is C=CCn1c(SCc2ccc(C)cc2)nnc1C(C)Oc1ccc(C(C)(C)C)cc1. The van der Waals surface area contributed by atoms with Gasteiger partial charge in [-0.2, -0.15) is 0 Å². The zero-order valence-corrected chi connectivity index (χ0v) is 19.4. The zero-order chi connectivity index (χ0) is 21.7. The van der Waals surface area contributed by atoms with Crippen molar-refractivity contribution in [1.29, 1.82) is 0 Å². The number of nitrogens with zero attached hydrogens (tertiary/aromatic N) is 3. The van der Waals surface area contributed by atoms with Crippen molar-refractivity contribution in [3.05, 3.63) is 83.7 Å². The number of allylic oxidation sites excluding steroid dienone is 1. The van der Waals surface area contributed by atoms with E-state index in [-0.39, 0.29) is 11.5 Å². The van der Waals surface area contributed by atoms with Gasteiger partial charge in [0.15, 0.2) is 17.1 Å². The monoisotopic (exact) mass is 421 g/mol. The normalized spacial score (nSPS) is 12.6. The van der Waals surface area contributed by atoms with E-state index in [1.54, 1.807) is 11.8 Å². The van der Waals surface area contributed by atoms with Crippen molar-refractivity contribution in [2.45, 2.75) is 63.6 Å². The number of thioether (sulfide) groups is 1. The molecule has 3 aromatic rings. The van der Waals surface area contributed by atoms with Crippen LogP contribution >= 0.6 is 11.8 Å². The van der Waals surface area contributed by atoms with Crippen LogP contribution in [0.4, 0.5) is 0 Å². The van der Waals surface area contributed by atoms with E-state index in [1.165, 1.54) is 16.7 Å². The lowest BCUT2D eigenvalue weighted by Gasteiger charge is -2.20. The highest BCUT2D eigenvalue weighted by Gasteiger charge is 2.20. The summed E-state index contributed by atoms with van der Waals surface area (Å²) in [5.74, 6) is 2.48. The molecule has 0 aliphatic heterocycles. The highest BCUT2D eigenvalue weighted by Crippen LogP contribution is 2.28. The summed E-state index contributed by atoms with van der Waals surface area (Å²) in [5.41, 5.74) is 3.94. The molecule has 0 aliphatic rings. The molecular weight excluding hydrogens is 390 g/mol. The van der Waals surface area contributed by atoms with Crippen molar-refractivity contribution in [2.75, 3.05) is 0 Å². The Bertz CT molecular complexity index is 969. The van der Waals surface area contributed by atoms with Crippen LogP contribution in [-0.4, -0.2) is 14.8 Å². The van der Waals surface area contributed by atoms with Crippen LogP contribution in [0.3, 0.4) is 0 Å². The molecule has 1 unspecified atom stereocenters. The van der Waals surface area contributed by atoms with Crippen LogP contribution in [0.5, 0.6) is 5.75 Å². The first-order valence-corrected chi connectivity index (χ1v) is 11.3. The minimum absolute atomic E-state index is 0.123. The van der Waals surface area contributed by atoms with E-state index in [1.807, 2.05) is 25.1 Å². The van der Waals surface area contributed by atoms with Gasteiger partial charge in [0.2, 0.25) is 0 Å². The van der Waals surface area contributed by atoms with Gasteiger partial charge in [0.25, 0.3) is 0 Å². The van der Waals surface area contributed by atoms with Crippen LogP contribution in [0, 0.1) is 6.92 Å². The van der Waals surface area contributed by atoms with E-state index in [0.717, 1.165) is 22.5 Å². The molecule has 0 saturated heterocycles. The number of rotatable bonds is 8. The van der Waals surface area contributed by atoms with Crippen molar-refractivity contribution >= 4 is 11.8 Å². The van der Waals surface area contributed by atoms with Gasteiger partial charge in [-0.25, -0.2) is 0 Å². The fourth-order valence-electron chi connectivity index (χ4n) is 3.13. The molecule has 1 aromatic heterocycles. The van der Waals surface area contributed by atoms with Gasteiger partial charge < -0.3 is 4.74 Å². The Morgan fingerprint density at radius 2 is 1.73 bits per heavy atom. The van der Waals surface area contributed by atoms with Crippen LogP contribution in [0.25, 0.3) is 0 Å². The maximum Gasteiger partial charge on any atom is 0.191 e. The van der Waals surface area contributed by atoms with Gasteiger partial charge in [-0.15, -0.1) is 16.8 Å². The molecule has 2 aromatic carbocycles. The van der Waals surface area contributed by atoms with Crippen LogP contribution in [0.2, 0.25) is 0 Å². The Balaban J connectivity index is 1.72. The number of aryl methyl sites for hydroxylation is 1. The first-order chi connectivity index (χ1) is 14.3. The number of benzene rings is 2. The molecule has 0 bridgehead atoms. The summed E-state index contributed by atoms with van der Waals surface area (Å²) in [5, 5.41) is 9.74. The van der Waals surface area contributed by atoms with Gasteiger partial charge in [-0.1, -0.05) is 80.6 Å². The van der Waals surface area contributed by atoms with Crippen molar-refractivity contribution in [2.24, 2.45) is 0 Å². The second-order valence-electron chi connectivity index (χ2n) is 8.55. The van der Waals surface area contributed by atoms with E-state index in [4.69, 9.17) is 4.74 Å². The van der Waals surface area contributed by atoms with E-state index < -0.39 is 0 Å². The second kappa shape index (κ2) is 9.52. The molecule has 0 saturated carbocycles. The maximum atomic E-state index is 6.18. The van der Waals surface area contributed by atoms with Gasteiger partial charge in [0.05, 0.1) is 0 Å². The largest absolute Gasteiger partial charge is 0.483 e. The molecule has 1 atom stereocenters. The minimum atomic E-state index is -0.216. The molecule has 0 radical (unpaired) electrons. The number of aromatic nitrogens is 3. The summed E-state index contributed by atoms with van der Waals surface area (Å²) >= 11 is 1.68. The quantitative estimate of drug-likeness (QED) is 0.307. The van der Waals surface area contributed by atoms with E-state index in [2.05, 4.69) is 85.4 Å². The predicted molar refractivity (Wildman–Crippen MR) is 125 cm³/mol. The topological polar surface area (TPSA) is 39.9 Å². The molecule has 1 heterocycles. The van der Waals surface area contributed by atoms with Crippen molar-refractivity contribution in [3.8, 4) is 5.75 Å². The summed E-state index contributed by atoms with van der Waals surface area (Å²) < 4.78 is 8.26. The zero-order valence-electron chi connectivity index (χ0n) is 18.6. The third-order valence-electron chi connectivity index (χ3n) is 4.94. The lowest BCUT2D eigenvalue weighted by molar-refractivity contribution is 0.210. The number of ether oxygens (including phenoxy) is 1. The molecule has 5 heteroatoms. The molecule has 0 spiro atoms. The average molecular weight is 422 g/mol. The van der Waals surface area contributed by atoms with E-state index >= 15 is 0 Å². The van der Waals surface area contributed by atoms with Gasteiger partial charge in [-0.3, -0.25) is 4.57 Å². The number of hydrogen-bond donors (Lipinski definition) is 0. The van der Waals surface area contributed by atoms with E-state index in [0.29, 0.717) is 6.54 Å². The molecule has 4 nitrogen and oxygen atoms in total. The van der Waals surface area contributed by atoms with Crippen molar-refractivity contribution in [1.82, 2.24) is 14.8 Å². The Morgan fingerprint density at radius 1 is 1.07 bits per heavy atom. The lowest BCUT2D eigenvalue weighted by Crippen LogP contribution is -2.13. The second-order valence-corrected chi connectivity index (χ2v) is 9.49. The van der Waals surface area contributed by atoms with Crippen LogP contribution in [-0.2, 0) is 17.7 Å². The fraction of sp³-hybridized carbons (Fsp3) is 0.360. The number of hydrogen-bond acceptors (Lipinski definition) is 4. The van der Waals surface area contributed by atoms with Crippen LogP contribution < -0.4 is 4.74 Å². The minimum Gasteiger partial charge on any atom is -0.483 e. The molecule has 3 rings (SSSR count). The Hall–Kier alpha value is -2.53.